The van der Waals surface area contributed by atoms with Gasteiger partial charge in [0.05, 0.1) is 5.02 Å². The first-order valence-electron chi connectivity index (χ1n) is 8.99. The Morgan fingerprint density at radius 1 is 1.32 bits per heavy atom. The molecule has 3 N–H and O–H groups in total. The molecule has 0 bridgehead atoms. The number of hydrogen-bond acceptors (Lipinski definition) is 2. The lowest BCUT2D eigenvalue weighted by Gasteiger charge is -2.32. The van der Waals surface area contributed by atoms with Crippen LogP contribution < -0.4 is 5.73 Å². The van der Waals surface area contributed by atoms with Gasteiger partial charge in [-0.15, -0.1) is 0 Å². The highest BCUT2D eigenvalue weighted by Gasteiger charge is 2.52. The maximum absolute atomic E-state index is 15.4. The summed E-state index contributed by atoms with van der Waals surface area (Å²) in [4.78, 5) is 0. The molecule has 0 unspecified atom stereocenters. The summed E-state index contributed by atoms with van der Waals surface area (Å²) in [5.41, 5.74) is 9.28. The van der Waals surface area contributed by atoms with Crippen LogP contribution in [-0.2, 0) is 0 Å². The van der Waals surface area contributed by atoms with E-state index in [2.05, 4.69) is 0 Å². The van der Waals surface area contributed by atoms with Gasteiger partial charge >= 0.3 is 6.97 Å². The summed E-state index contributed by atoms with van der Waals surface area (Å²) in [5, 5.41) is 9.93. The van der Waals surface area contributed by atoms with E-state index in [9.17, 15) is 5.11 Å². The van der Waals surface area contributed by atoms with Crippen molar-refractivity contribution in [3.63, 3.8) is 0 Å². The second kappa shape index (κ2) is 6.76. The largest absolute Gasteiger partial charge is 0.737 e. The summed E-state index contributed by atoms with van der Waals surface area (Å²) in [6, 6.07) is 6.57. The van der Waals surface area contributed by atoms with E-state index in [1.165, 1.54) is 12.3 Å². The normalized spacial score (nSPS) is 17.2. The topological polar surface area (TPSA) is 54.2 Å². The van der Waals surface area contributed by atoms with Crippen LogP contribution >= 0.6 is 11.6 Å². The van der Waals surface area contributed by atoms with Crippen molar-refractivity contribution in [1.82, 2.24) is 4.48 Å². The van der Waals surface area contributed by atoms with Gasteiger partial charge < -0.3 is 28.4 Å². The summed E-state index contributed by atoms with van der Waals surface area (Å²) in [7, 11) is 0. The molecule has 1 aromatic heterocycles. The monoisotopic (exact) mass is 401 g/mol. The molecule has 0 saturated carbocycles. The molecule has 0 fully saturated rings. The minimum atomic E-state index is -4.04. The fourth-order valence-corrected chi connectivity index (χ4v) is 4.11. The summed E-state index contributed by atoms with van der Waals surface area (Å²) >= 11 is 6.11. The van der Waals surface area contributed by atoms with E-state index < -0.39 is 6.97 Å². The van der Waals surface area contributed by atoms with Gasteiger partial charge in [-0.2, -0.15) is 0 Å². The Bertz CT molecular complexity index is 1100. The average molecular weight is 402 g/mol. The Hall–Kier alpha value is -2.64. The second-order valence-corrected chi connectivity index (χ2v) is 7.27. The van der Waals surface area contributed by atoms with Gasteiger partial charge in [0.25, 0.3) is 0 Å². The first-order chi connectivity index (χ1) is 13.4. The number of nitrogens with zero attached hydrogens (tertiary/aromatic N) is 2. The van der Waals surface area contributed by atoms with Gasteiger partial charge in [-0.3, -0.25) is 0 Å². The number of halogens is 3. The van der Waals surface area contributed by atoms with Crippen LogP contribution in [0, 0.1) is 6.92 Å². The molecule has 0 saturated heterocycles. The van der Waals surface area contributed by atoms with Gasteiger partial charge in [-0.05, 0) is 49.2 Å². The van der Waals surface area contributed by atoms with Crippen molar-refractivity contribution >= 4 is 42.5 Å². The van der Waals surface area contributed by atoms with Crippen molar-refractivity contribution in [1.29, 1.82) is 0 Å². The van der Waals surface area contributed by atoms with Crippen molar-refractivity contribution in [2.45, 2.75) is 13.3 Å². The third kappa shape index (κ3) is 2.74. The molecule has 2 aliphatic heterocycles. The third-order valence-electron chi connectivity index (χ3n) is 5.11. The number of rotatable bonds is 4. The summed E-state index contributed by atoms with van der Waals surface area (Å²) < 4.78 is 33.0. The van der Waals surface area contributed by atoms with Crippen LogP contribution in [0.25, 0.3) is 17.7 Å². The van der Waals surface area contributed by atoms with Crippen LogP contribution in [-0.4, -0.2) is 33.8 Å². The van der Waals surface area contributed by atoms with Crippen LogP contribution in [0.1, 0.15) is 28.9 Å². The van der Waals surface area contributed by atoms with Crippen LogP contribution in [0.3, 0.4) is 0 Å². The zero-order chi connectivity index (χ0) is 20.1. The lowest BCUT2D eigenvalue weighted by atomic mass is 9.86. The van der Waals surface area contributed by atoms with Crippen LogP contribution in [0.15, 0.2) is 42.1 Å². The Morgan fingerprint density at radius 2 is 2.11 bits per heavy atom. The second-order valence-electron chi connectivity index (χ2n) is 6.89. The van der Waals surface area contributed by atoms with Gasteiger partial charge in [-0.1, -0.05) is 29.8 Å². The molecule has 3 heterocycles. The van der Waals surface area contributed by atoms with Gasteiger partial charge in [0.15, 0.2) is 5.70 Å². The highest BCUT2D eigenvalue weighted by molar-refractivity contribution is 6.58. The molecular formula is C20H19BClF2N3O. The van der Waals surface area contributed by atoms with E-state index in [4.69, 9.17) is 17.3 Å². The quantitative estimate of drug-likeness (QED) is 0.752. The molecule has 0 aliphatic carbocycles. The maximum Gasteiger partial charge on any atom is 0.737 e. The highest BCUT2D eigenvalue weighted by atomic mass is 35.5. The number of nitrogens with two attached hydrogens (primary N) is 1. The van der Waals surface area contributed by atoms with Crippen LogP contribution in [0.2, 0.25) is 5.02 Å². The minimum Gasteiger partial charge on any atom is -0.506 e. The van der Waals surface area contributed by atoms with Crippen LogP contribution in [0.5, 0.6) is 5.75 Å². The van der Waals surface area contributed by atoms with Crippen molar-refractivity contribution in [2.75, 3.05) is 6.54 Å². The third-order valence-corrected chi connectivity index (χ3v) is 5.52. The molecule has 2 aromatic rings. The number of allylic oxidation sites excluding steroid dienone is 2. The van der Waals surface area contributed by atoms with Gasteiger partial charge in [0.2, 0.25) is 0 Å². The summed E-state index contributed by atoms with van der Waals surface area (Å²) in [6.07, 6.45) is 8.47. The van der Waals surface area contributed by atoms with Gasteiger partial charge in [-0.25, -0.2) is 0 Å². The minimum absolute atomic E-state index is 0.0534. The smallest absolute Gasteiger partial charge is 0.506 e. The molecule has 28 heavy (non-hydrogen) atoms. The fourth-order valence-electron chi connectivity index (χ4n) is 3.92. The lowest BCUT2D eigenvalue weighted by molar-refractivity contribution is -0.356. The van der Waals surface area contributed by atoms with Crippen molar-refractivity contribution in [3.8, 4) is 5.75 Å². The number of phenols is 1. The molecule has 0 spiro atoms. The van der Waals surface area contributed by atoms with E-state index >= 15 is 8.63 Å². The van der Waals surface area contributed by atoms with E-state index in [1.54, 1.807) is 42.5 Å². The zero-order valence-electron chi connectivity index (χ0n) is 15.2. The SMILES string of the molecule is Cc1cc(/C=C/c2cccc(O)c2Cl)n2c1C(CCN)=C1C=CC=[N+]1[B-]2(F)F. The Balaban J connectivity index is 1.89. The first kappa shape index (κ1) is 18.7. The summed E-state index contributed by atoms with van der Waals surface area (Å²) in [5.74, 6) is -0.0534. The Morgan fingerprint density at radius 3 is 2.86 bits per heavy atom. The standard InChI is InChI=1S/C20H19BClF2N3O/c1-13-12-15(8-7-14-4-2-6-18(28)19(14)22)27-20(13)16(9-10-25)17-5-3-11-26(17)21(27,23)24/h2-8,11-12,28H,9-10,25H2,1H3/b8-7+. The number of hydrogen-bond donors (Lipinski definition) is 2. The van der Waals surface area contributed by atoms with Crippen molar-refractivity contribution in [3.05, 3.63) is 69.7 Å². The van der Waals surface area contributed by atoms with Gasteiger partial charge in [0.1, 0.15) is 12.0 Å². The molecule has 144 valence electrons. The van der Waals surface area contributed by atoms with Gasteiger partial charge in [0, 0.05) is 29.1 Å². The Labute approximate surface area is 166 Å². The average Bonchev–Trinajstić information content (AvgIpc) is 3.26. The number of aryl methyl sites for hydroxylation is 1. The van der Waals surface area contributed by atoms with Crippen LogP contribution in [0.4, 0.5) is 8.63 Å². The number of aromatic nitrogens is 1. The number of aromatic hydroxyl groups is 1. The predicted octanol–water partition coefficient (Wildman–Crippen LogP) is 4.28. The molecule has 8 heteroatoms. The molecule has 4 rings (SSSR count). The van der Waals surface area contributed by atoms with E-state index in [0.29, 0.717) is 35.6 Å². The van der Waals surface area contributed by atoms with E-state index in [0.717, 1.165) is 20.1 Å². The zero-order valence-corrected chi connectivity index (χ0v) is 16.0. The number of fused-ring (bicyclic) bond motifs is 2. The first-order valence-corrected chi connectivity index (χ1v) is 9.37. The molecule has 0 atom stereocenters. The predicted molar refractivity (Wildman–Crippen MR) is 111 cm³/mol. The summed E-state index contributed by atoms with van der Waals surface area (Å²) in [6.45, 7) is -1.85. The highest BCUT2D eigenvalue weighted by Crippen LogP contribution is 2.40. The Kier molecular flexibility index (Phi) is 4.52. The molecule has 0 amide bonds. The fraction of sp³-hybridized carbons (Fsp3) is 0.150. The molecular weight excluding hydrogens is 383 g/mol. The van der Waals surface area contributed by atoms with Crippen molar-refractivity contribution in [2.24, 2.45) is 5.73 Å². The number of phenolic OH excluding ortho intramolecular Hbond substituents is 1. The number of benzene rings is 1. The molecule has 4 nitrogen and oxygen atoms in total. The maximum atomic E-state index is 15.4. The molecule has 2 aliphatic rings. The van der Waals surface area contributed by atoms with E-state index in [1.807, 2.05) is 6.92 Å². The molecule has 1 aromatic carbocycles. The molecule has 0 radical (unpaired) electrons. The van der Waals surface area contributed by atoms with E-state index in [-0.39, 0.29) is 10.8 Å². The van der Waals surface area contributed by atoms with Crippen molar-refractivity contribution < 1.29 is 18.2 Å². The lowest BCUT2D eigenvalue weighted by Crippen LogP contribution is -2.50.